The molecule has 5 aromatic carbocycles. The Bertz CT molecular complexity index is 2650. The lowest BCUT2D eigenvalue weighted by Crippen LogP contribution is -2.61. The summed E-state index contributed by atoms with van der Waals surface area (Å²) >= 11 is 2.01. The van der Waals surface area contributed by atoms with Gasteiger partial charge in [-0.3, -0.25) is 0 Å². The Morgan fingerprint density at radius 3 is 1.62 bits per heavy atom. The van der Waals surface area contributed by atoms with Crippen molar-refractivity contribution in [1.82, 2.24) is 0 Å². The van der Waals surface area contributed by atoms with Crippen molar-refractivity contribution in [3.8, 4) is 0 Å². The standard InChI is InChI=1S/C54H63BN2S/c1-32-26-44-48-45(27-32)57(42-22-18-35(28-33(42)2)51(6,7)8)49-47(38-30-39-40(31-46(38)58-49)54(14,15)25-24-53(39,12)13)55(48)41-29-36(52(9,10)11)19-23-43(41)56(44)37-20-16-34(17-21-37)50(3,4)5/h16-23,26-31H,24-25H2,1-15H3. The molecule has 0 spiro atoms. The third-order valence-corrected chi connectivity index (χ3v) is 15.1. The van der Waals surface area contributed by atoms with Gasteiger partial charge in [-0.15, -0.1) is 11.3 Å². The molecule has 0 N–H and O–H groups in total. The predicted molar refractivity (Wildman–Crippen MR) is 257 cm³/mol. The lowest BCUT2D eigenvalue weighted by atomic mass is 9.33. The molecule has 0 fully saturated rings. The summed E-state index contributed by atoms with van der Waals surface area (Å²) in [7, 11) is 0. The summed E-state index contributed by atoms with van der Waals surface area (Å²) in [6.07, 6.45) is 2.41. The van der Waals surface area contributed by atoms with Gasteiger partial charge in [0.05, 0.1) is 5.00 Å². The highest BCUT2D eigenvalue weighted by atomic mass is 32.1. The van der Waals surface area contributed by atoms with E-state index in [9.17, 15) is 0 Å². The summed E-state index contributed by atoms with van der Waals surface area (Å²) in [5.41, 5.74) is 20.8. The minimum absolute atomic E-state index is 0.00540. The van der Waals surface area contributed by atoms with Gasteiger partial charge in [0.1, 0.15) is 0 Å². The van der Waals surface area contributed by atoms with Gasteiger partial charge in [-0.2, -0.15) is 0 Å². The Morgan fingerprint density at radius 1 is 0.534 bits per heavy atom. The van der Waals surface area contributed by atoms with Gasteiger partial charge in [0, 0.05) is 33.1 Å². The van der Waals surface area contributed by atoms with E-state index in [1.54, 1.807) is 0 Å². The molecular formula is C54H63BN2S. The van der Waals surface area contributed by atoms with Gasteiger partial charge in [0.15, 0.2) is 0 Å². The number of hydrogen-bond donors (Lipinski definition) is 0. The average Bonchev–Trinajstić information content (AvgIpc) is 3.50. The van der Waals surface area contributed by atoms with Crippen molar-refractivity contribution in [1.29, 1.82) is 0 Å². The molecule has 4 heteroatoms. The van der Waals surface area contributed by atoms with E-state index in [0.29, 0.717) is 0 Å². The minimum atomic E-state index is 0.00540. The highest BCUT2D eigenvalue weighted by Crippen LogP contribution is 2.52. The van der Waals surface area contributed by atoms with Crippen molar-refractivity contribution in [3.63, 3.8) is 0 Å². The second-order valence-corrected chi connectivity index (χ2v) is 23.4. The van der Waals surface area contributed by atoms with Crippen LogP contribution in [0.2, 0.25) is 0 Å². The van der Waals surface area contributed by atoms with Gasteiger partial charge in [0.25, 0.3) is 6.71 Å². The third kappa shape index (κ3) is 6.02. The van der Waals surface area contributed by atoms with Crippen molar-refractivity contribution in [2.24, 2.45) is 0 Å². The summed E-state index contributed by atoms with van der Waals surface area (Å²) in [6, 6.07) is 34.2. The third-order valence-electron chi connectivity index (χ3n) is 14.0. The molecule has 0 unspecified atom stereocenters. The predicted octanol–water partition coefficient (Wildman–Crippen LogP) is 13.8. The van der Waals surface area contributed by atoms with E-state index in [2.05, 4.69) is 199 Å². The lowest BCUT2D eigenvalue weighted by molar-refractivity contribution is 0.332. The van der Waals surface area contributed by atoms with Crippen molar-refractivity contribution >= 4 is 78.0 Å². The molecule has 0 amide bonds. The van der Waals surface area contributed by atoms with Crippen LogP contribution in [0.1, 0.15) is 142 Å². The Kier molecular flexibility index (Phi) is 8.53. The van der Waals surface area contributed by atoms with E-state index < -0.39 is 0 Å². The quantitative estimate of drug-likeness (QED) is 0.161. The second-order valence-electron chi connectivity index (χ2n) is 22.4. The summed E-state index contributed by atoms with van der Waals surface area (Å²) in [5, 5.41) is 2.79. The maximum absolute atomic E-state index is 2.67. The summed E-state index contributed by atoms with van der Waals surface area (Å²) < 4.78 is 1.41. The van der Waals surface area contributed by atoms with E-state index in [0.717, 1.165) is 0 Å². The van der Waals surface area contributed by atoms with Crippen LogP contribution < -0.4 is 26.2 Å². The van der Waals surface area contributed by atoms with Crippen molar-refractivity contribution < 1.29 is 0 Å². The highest BCUT2D eigenvalue weighted by molar-refractivity contribution is 7.26. The van der Waals surface area contributed by atoms with Gasteiger partial charge in [-0.05, 0) is 163 Å². The van der Waals surface area contributed by atoms with E-state index in [-0.39, 0.29) is 33.8 Å². The molecule has 1 aromatic heterocycles. The number of thiophene rings is 1. The maximum atomic E-state index is 2.67. The number of hydrogen-bond acceptors (Lipinski definition) is 3. The van der Waals surface area contributed by atoms with Crippen LogP contribution in [0.3, 0.4) is 0 Å². The molecule has 6 aromatic rings. The lowest BCUT2D eigenvalue weighted by Gasteiger charge is -2.44. The highest BCUT2D eigenvalue weighted by Gasteiger charge is 2.47. The van der Waals surface area contributed by atoms with Crippen molar-refractivity contribution in [2.45, 2.75) is 144 Å². The van der Waals surface area contributed by atoms with Gasteiger partial charge >= 0.3 is 0 Å². The van der Waals surface area contributed by atoms with Crippen molar-refractivity contribution in [2.75, 3.05) is 9.80 Å². The molecule has 1 aliphatic carbocycles. The molecule has 3 aliphatic rings. The average molecular weight is 783 g/mol. The largest absolute Gasteiger partial charge is 0.311 e. The molecule has 2 aliphatic heterocycles. The van der Waals surface area contributed by atoms with Crippen LogP contribution in [-0.2, 0) is 27.1 Å². The molecule has 58 heavy (non-hydrogen) atoms. The maximum Gasteiger partial charge on any atom is 0.254 e. The fourth-order valence-electron chi connectivity index (χ4n) is 10.2. The number of rotatable bonds is 2. The topological polar surface area (TPSA) is 6.48 Å². The van der Waals surface area contributed by atoms with E-state index in [1.165, 1.54) is 112 Å². The molecular weight excluding hydrogens is 719 g/mol. The molecule has 0 saturated carbocycles. The molecule has 2 nitrogen and oxygen atoms in total. The molecule has 9 rings (SSSR count). The Labute approximate surface area is 353 Å². The Balaban J connectivity index is 1.41. The summed E-state index contributed by atoms with van der Waals surface area (Å²) in [6.45, 7) is 35.5. The first kappa shape index (κ1) is 39.2. The molecule has 0 saturated heterocycles. The number of fused-ring (bicyclic) bond motifs is 7. The number of aryl methyl sites for hydroxylation is 2. The molecule has 0 atom stereocenters. The van der Waals surface area contributed by atoms with Crippen molar-refractivity contribution in [3.05, 3.63) is 124 Å². The van der Waals surface area contributed by atoms with E-state index in [1.807, 2.05) is 11.3 Å². The fraction of sp³-hybridized carbons (Fsp3) is 0.407. The van der Waals surface area contributed by atoms with E-state index in [4.69, 9.17) is 0 Å². The van der Waals surface area contributed by atoms with Crippen LogP contribution in [-0.4, -0.2) is 6.71 Å². The number of benzene rings is 5. The van der Waals surface area contributed by atoms with E-state index >= 15 is 0 Å². The monoisotopic (exact) mass is 782 g/mol. The zero-order valence-electron chi connectivity index (χ0n) is 37.9. The first-order valence-electron chi connectivity index (χ1n) is 21.7. The zero-order valence-corrected chi connectivity index (χ0v) is 38.7. The van der Waals surface area contributed by atoms with Gasteiger partial charge < -0.3 is 9.80 Å². The van der Waals surface area contributed by atoms with Gasteiger partial charge in [-0.25, -0.2) is 0 Å². The van der Waals surface area contributed by atoms with Crippen LogP contribution >= 0.6 is 11.3 Å². The molecule has 0 radical (unpaired) electrons. The number of anilines is 6. The summed E-state index contributed by atoms with van der Waals surface area (Å²) in [5.74, 6) is 0. The SMILES string of the molecule is Cc1cc2c3c(c1)N(c1ccc(C(C)(C)C)cc1C)c1sc4cc5c(cc4c1B3c1cc(C(C)(C)C)ccc1N2c1ccc(C(C)(C)C)cc1)C(C)(C)CCC5(C)C. The Hall–Kier alpha value is -4.28. The molecule has 298 valence electrons. The summed E-state index contributed by atoms with van der Waals surface area (Å²) in [4.78, 5) is 5.25. The van der Waals surface area contributed by atoms with Gasteiger partial charge in [0.2, 0.25) is 0 Å². The second kappa shape index (κ2) is 12.6. The first-order valence-corrected chi connectivity index (χ1v) is 22.5. The minimum Gasteiger partial charge on any atom is -0.311 e. The van der Waals surface area contributed by atoms with Crippen LogP contribution in [0.15, 0.2) is 84.9 Å². The molecule has 3 heterocycles. The molecule has 0 bridgehead atoms. The van der Waals surface area contributed by atoms with Crippen LogP contribution in [0.4, 0.5) is 33.4 Å². The van der Waals surface area contributed by atoms with Crippen LogP contribution in [0.25, 0.3) is 10.1 Å². The number of nitrogens with zero attached hydrogens (tertiary/aromatic N) is 2. The normalized spacial score (nSPS) is 16.9. The first-order chi connectivity index (χ1) is 27.0. The smallest absolute Gasteiger partial charge is 0.254 e. The van der Waals surface area contributed by atoms with Crippen LogP contribution in [0.5, 0.6) is 0 Å². The Morgan fingerprint density at radius 2 is 1.05 bits per heavy atom. The van der Waals surface area contributed by atoms with Gasteiger partial charge in [-0.1, -0.05) is 126 Å². The zero-order chi connectivity index (χ0) is 41.6. The fourth-order valence-corrected chi connectivity index (χ4v) is 11.5. The van der Waals surface area contributed by atoms with Crippen LogP contribution in [0, 0.1) is 13.8 Å².